The molecular weight excluding hydrogens is 260 g/mol. The lowest BCUT2D eigenvalue weighted by atomic mass is 9.96. The van der Waals surface area contributed by atoms with Crippen molar-refractivity contribution >= 4 is 17.4 Å². The Morgan fingerprint density at radius 1 is 1.37 bits per heavy atom. The SMILES string of the molecule is CN1CCCC(Nc2cc(Cl)nc(C(C)(C)C)n2)C1. The zero-order valence-electron chi connectivity index (χ0n) is 12.2. The molecule has 2 rings (SSSR count). The van der Waals surface area contributed by atoms with Crippen LogP contribution in [0.15, 0.2) is 6.07 Å². The summed E-state index contributed by atoms with van der Waals surface area (Å²) < 4.78 is 0. The molecule has 1 aromatic heterocycles. The second-order valence-corrected chi connectivity index (χ2v) is 6.78. The number of halogens is 1. The molecule has 1 saturated heterocycles. The highest BCUT2D eigenvalue weighted by Gasteiger charge is 2.21. The summed E-state index contributed by atoms with van der Waals surface area (Å²) in [6.45, 7) is 8.51. The highest BCUT2D eigenvalue weighted by Crippen LogP contribution is 2.23. The zero-order chi connectivity index (χ0) is 14.0. The molecule has 0 aromatic carbocycles. The normalized spacial score (nSPS) is 21.4. The average molecular weight is 283 g/mol. The maximum atomic E-state index is 6.10. The first-order valence-corrected chi connectivity index (χ1v) is 7.22. The molecule has 0 saturated carbocycles. The number of nitrogens with zero attached hydrogens (tertiary/aromatic N) is 3. The van der Waals surface area contributed by atoms with Gasteiger partial charge in [0.1, 0.15) is 16.8 Å². The molecule has 0 spiro atoms. The Morgan fingerprint density at radius 3 is 2.74 bits per heavy atom. The lowest BCUT2D eigenvalue weighted by molar-refractivity contribution is 0.260. The van der Waals surface area contributed by atoms with Crippen LogP contribution in [0.5, 0.6) is 0 Å². The molecule has 0 aliphatic carbocycles. The van der Waals surface area contributed by atoms with E-state index in [9.17, 15) is 0 Å². The fraction of sp³-hybridized carbons (Fsp3) is 0.714. The van der Waals surface area contributed by atoms with Gasteiger partial charge in [-0.15, -0.1) is 0 Å². The number of likely N-dealkylation sites (N-methyl/N-ethyl adjacent to an activating group) is 1. The molecule has 4 nitrogen and oxygen atoms in total. The average Bonchev–Trinajstić information content (AvgIpc) is 2.26. The Bertz CT molecular complexity index is 442. The first-order valence-electron chi connectivity index (χ1n) is 6.85. The van der Waals surface area contributed by atoms with Gasteiger partial charge in [-0.1, -0.05) is 32.4 Å². The fourth-order valence-corrected chi connectivity index (χ4v) is 2.50. The first-order chi connectivity index (χ1) is 8.84. The van der Waals surface area contributed by atoms with Gasteiger partial charge in [0.15, 0.2) is 0 Å². The quantitative estimate of drug-likeness (QED) is 0.847. The Hall–Kier alpha value is -0.870. The fourth-order valence-electron chi connectivity index (χ4n) is 2.32. The van der Waals surface area contributed by atoms with Crippen LogP contribution >= 0.6 is 11.6 Å². The summed E-state index contributed by atoms with van der Waals surface area (Å²) in [4.78, 5) is 11.3. The van der Waals surface area contributed by atoms with E-state index in [-0.39, 0.29) is 5.41 Å². The van der Waals surface area contributed by atoms with Crippen LogP contribution in [0.25, 0.3) is 0 Å². The number of hydrogen-bond acceptors (Lipinski definition) is 4. The van der Waals surface area contributed by atoms with Crippen LogP contribution in [0.4, 0.5) is 5.82 Å². The molecule has 1 N–H and O–H groups in total. The van der Waals surface area contributed by atoms with E-state index < -0.39 is 0 Å². The van der Waals surface area contributed by atoms with Crippen molar-refractivity contribution in [1.82, 2.24) is 14.9 Å². The molecule has 2 heterocycles. The van der Waals surface area contributed by atoms with Gasteiger partial charge in [0, 0.05) is 24.1 Å². The molecule has 1 fully saturated rings. The van der Waals surface area contributed by atoms with Crippen LogP contribution in [0.3, 0.4) is 0 Å². The lowest BCUT2D eigenvalue weighted by Gasteiger charge is -2.30. The third-order valence-electron chi connectivity index (χ3n) is 3.34. The summed E-state index contributed by atoms with van der Waals surface area (Å²) >= 11 is 6.10. The molecule has 106 valence electrons. The maximum absolute atomic E-state index is 6.10. The number of rotatable bonds is 2. The predicted octanol–water partition coefficient (Wildman–Crippen LogP) is 2.93. The standard InChI is InChI=1S/C14H23ClN4/c1-14(2,3)13-17-11(15)8-12(18-13)16-10-6-5-7-19(4)9-10/h8,10H,5-7,9H2,1-4H3,(H,16,17,18). The van der Waals surface area contributed by atoms with Crippen molar-refractivity contribution in [3.63, 3.8) is 0 Å². The maximum Gasteiger partial charge on any atom is 0.137 e. The molecule has 1 aliphatic heterocycles. The number of likely N-dealkylation sites (tertiary alicyclic amines) is 1. The van der Waals surface area contributed by atoms with Gasteiger partial charge in [-0.2, -0.15) is 0 Å². The van der Waals surface area contributed by atoms with Gasteiger partial charge in [0.25, 0.3) is 0 Å². The van der Waals surface area contributed by atoms with Crippen molar-refractivity contribution < 1.29 is 0 Å². The summed E-state index contributed by atoms with van der Waals surface area (Å²) in [5.41, 5.74) is -0.0926. The Labute approximate surface area is 120 Å². The van der Waals surface area contributed by atoms with Crippen molar-refractivity contribution in [3.05, 3.63) is 17.0 Å². The van der Waals surface area contributed by atoms with E-state index in [1.807, 2.05) is 6.07 Å². The van der Waals surface area contributed by atoms with Crippen LogP contribution < -0.4 is 5.32 Å². The molecular formula is C14H23ClN4. The van der Waals surface area contributed by atoms with Crippen molar-refractivity contribution in [2.24, 2.45) is 0 Å². The Kier molecular flexibility index (Phi) is 4.31. The van der Waals surface area contributed by atoms with Crippen molar-refractivity contribution in [2.45, 2.75) is 45.1 Å². The second-order valence-electron chi connectivity index (χ2n) is 6.40. The monoisotopic (exact) mass is 282 g/mol. The number of nitrogens with one attached hydrogen (secondary N) is 1. The van der Waals surface area contributed by atoms with E-state index in [0.717, 1.165) is 18.2 Å². The predicted molar refractivity (Wildman–Crippen MR) is 79.9 cm³/mol. The van der Waals surface area contributed by atoms with Gasteiger partial charge in [-0.25, -0.2) is 9.97 Å². The van der Waals surface area contributed by atoms with Gasteiger partial charge in [-0.05, 0) is 26.4 Å². The molecule has 0 bridgehead atoms. The van der Waals surface area contributed by atoms with E-state index in [1.54, 1.807) is 0 Å². The Balaban J connectivity index is 2.14. The van der Waals surface area contributed by atoms with Crippen LogP contribution in [0.2, 0.25) is 5.15 Å². The molecule has 0 amide bonds. The van der Waals surface area contributed by atoms with Gasteiger partial charge in [-0.3, -0.25) is 0 Å². The number of aromatic nitrogens is 2. The first kappa shape index (κ1) is 14.5. The largest absolute Gasteiger partial charge is 0.366 e. The van der Waals surface area contributed by atoms with Crippen LogP contribution in [0, 0.1) is 0 Å². The van der Waals surface area contributed by atoms with Crippen molar-refractivity contribution in [1.29, 1.82) is 0 Å². The summed E-state index contributed by atoms with van der Waals surface area (Å²) in [6, 6.07) is 2.25. The highest BCUT2D eigenvalue weighted by molar-refractivity contribution is 6.29. The van der Waals surface area contributed by atoms with E-state index in [0.29, 0.717) is 11.2 Å². The molecule has 5 heteroatoms. The molecule has 1 aliphatic rings. The van der Waals surface area contributed by atoms with Gasteiger partial charge < -0.3 is 10.2 Å². The van der Waals surface area contributed by atoms with Crippen LogP contribution in [-0.4, -0.2) is 41.0 Å². The summed E-state index contributed by atoms with van der Waals surface area (Å²) in [6.07, 6.45) is 2.40. The minimum absolute atomic E-state index is 0.0926. The highest BCUT2D eigenvalue weighted by atomic mass is 35.5. The van der Waals surface area contributed by atoms with E-state index in [4.69, 9.17) is 11.6 Å². The van der Waals surface area contributed by atoms with Gasteiger partial charge in [0.2, 0.25) is 0 Å². The van der Waals surface area contributed by atoms with Gasteiger partial charge >= 0.3 is 0 Å². The van der Waals surface area contributed by atoms with Gasteiger partial charge in [0.05, 0.1) is 0 Å². The Morgan fingerprint density at radius 2 is 2.11 bits per heavy atom. The minimum Gasteiger partial charge on any atom is -0.366 e. The molecule has 1 atom stereocenters. The van der Waals surface area contributed by atoms with E-state index >= 15 is 0 Å². The molecule has 1 unspecified atom stereocenters. The summed E-state index contributed by atoms with van der Waals surface area (Å²) in [5, 5.41) is 3.99. The topological polar surface area (TPSA) is 41.0 Å². The second kappa shape index (κ2) is 5.63. The molecule has 0 radical (unpaired) electrons. The molecule has 19 heavy (non-hydrogen) atoms. The summed E-state index contributed by atoms with van der Waals surface area (Å²) in [5.74, 6) is 1.62. The van der Waals surface area contributed by atoms with E-state index in [2.05, 4.69) is 48.0 Å². The zero-order valence-corrected chi connectivity index (χ0v) is 13.0. The summed E-state index contributed by atoms with van der Waals surface area (Å²) in [7, 11) is 2.15. The van der Waals surface area contributed by atoms with Crippen LogP contribution in [-0.2, 0) is 5.41 Å². The smallest absolute Gasteiger partial charge is 0.137 e. The van der Waals surface area contributed by atoms with Crippen LogP contribution in [0.1, 0.15) is 39.4 Å². The third kappa shape index (κ3) is 4.05. The third-order valence-corrected chi connectivity index (χ3v) is 3.54. The number of anilines is 1. The lowest BCUT2D eigenvalue weighted by Crippen LogP contribution is -2.40. The minimum atomic E-state index is -0.0926. The number of hydrogen-bond donors (Lipinski definition) is 1. The van der Waals surface area contributed by atoms with E-state index in [1.165, 1.54) is 19.4 Å². The van der Waals surface area contributed by atoms with Crippen molar-refractivity contribution in [2.75, 3.05) is 25.5 Å². The molecule has 1 aromatic rings. The van der Waals surface area contributed by atoms with Crippen molar-refractivity contribution in [3.8, 4) is 0 Å². The number of piperidine rings is 1.